The van der Waals surface area contributed by atoms with Gasteiger partial charge >= 0.3 is 0 Å². The molecule has 2 fully saturated rings. The Labute approximate surface area is 213 Å². The third-order valence-electron chi connectivity index (χ3n) is 7.07. The second-order valence-electron chi connectivity index (χ2n) is 9.24. The maximum absolute atomic E-state index is 13.0. The van der Waals surface area contributed by atoms with E-state index in [9.17, 15) is 4.79 Å². The Kier molecular flexibility index (Phi) is 9.26. The molecular weight excluding hydrogens is 466 g/mol. The molecule has 2 heterocycles. The van der Waals surface area contributed by atoms with E-state index in [2.05, 4.69) is 21.2 Å². The van der Waals surface area contributed by atoms with Gasteiger partial charge in [0.15, 0.2) is 0 Å². The number of piperidine rings is 1. The molecule has 0 aliphatic carbocycles. The number of nitrogens with one attached hydrogen (secondary N) is 1. The second kappa shape index (κ2) is 12.6. The van der Waals surface area contributed by atoms with Crippen LogP contribution in [0.2, 0.25) is 5.02 Å². The van der Waals surface area contributed by atoms with Crippen LogP contribution in [-0.4, -0.2) is 75.4 Å². The van der Waals surface area contributed by atoms with Crippen molar-refractivity contribution in [3.8, 4) is 11.5 Å². The number of hydrogen-bond donors (Lipinski definition) is 1. The lowest BCUT2D eigenvalue weighted by atomic mass is 9.86. The number of halogens is 1. The first-order chi connectivity index (χ1) is 17.1. The molecule has 2 aliphatic rings. The number of carbonyl (C=O) groups is 1. The summed E-state index contributed by atoms with van der Waals surface area (Å²) in [5.74, 6) is 1.67. The van der Waals surface area contributed by atoms with Gasteiger partial charge in [0.1, 0.15) is 11.5 Å². The topological polar surface area (TPSA) is 63.3 Å². The SMILES string of the molecule is COc1ccc(OC)c(NC(=O)CC[C@H]2CN(Cc3ccccc3Cl)CC[C@H]2N2CCOCC2)c1. The third kappa shape index (κ3) is 6.88. The summed E-state index contributed by atoms with van der Waals surface area (Å²) in [4.78, 5) is 18.0. The molecule has 2 atom stereocenters. The van der Waals surface area contributed by atoms with Gasteiger partial charge in [-0.2, -0.15) is 0 Å². The number of methoxy groups -OCH3 is 2. The maximum atomic E-state index is 13.0. The summed E-state index contributed by atoms with van der Waals surface area (Å²) in [5.41, 5.74) is 1.78. The normalized spacial score (nSPS) is 21.5. The van der Waals surface area contributed by atoms with Gasteiger partial charge in [-0.15, -0.1) is 0 Å². The number of morpholine rings is 1. The Balaban J connectivity index is 1.41. The monoisotopic (exact) mass is 501 g/mol. The van der Waals surface area contributed by atoms with Crippen LogP contribution in [-0.2, 0) is 16.1 Å². The molecule has 2 aromatic rings. The van der Waals surface area contributed by atoms with E-state index in [1.807, 2.05) is 24.3 Å². The van der Waals surface area contributed by atoms with Gasteiger partial charge in [0.2, 0.25) is 5.91 Å². The minimum absolute atomic E-state index is 0.0134. The van der Waals surface area contributed by atoms with Gasteiger partial charge in [0.05, 0.1) is 33.1 Å². The fraction of sp³-hybridized carbons (Fsp3) is 0.519. The van der Waals surface area contributed by atoms with Crippen molar-refractivity contribution < 1.29 is 19.0 Å². The predicted molar refractivity (Wildman–Crippen MR) is 138 cm³/mol. The molecule has 0 radical (unpaired) electrons. The van der Waals surface area contributed by atoms with Crippen molar-refractivity contribution >= 4 is 23.2 Å². The zero-order valence-corrected chi connectivity index (χ0v) is 21.4. The van der Waals surface area contributed by atoms with Gasteiger partial charge in [0.25, 0.3) is 0 Å². The van der Waals surface area contributed by atoms with Crippen molar-refractivity contribution in [2.45, 2.75) is 31.8 Å². The van der Waals surface area contributed by atoms with E-state index >= 15 is 0 Å². The highest BCUT2D eigenvalue weighted by Gasteiger charge is 2.34. The smallest absolute Gasteiger partial charge is 0.224 e. The molecule has 2 aromatic carbocycles. The highest BCUT2D eigenvalue weighted by Crippen LogP contribution is 2.31. The average Bonchev–Trinajstić information content (AvgIpc) is 2.89. The predicted octanol–water partition coefficient (Wildman–Crippen LogP) is 4.30. The lowest BCUT2D eigenvalue weighted by Gasteiger charge is -2.45. The molecule has 0 spiro atoms. The largest absolute Gasteiger partial charge is 0.497 e. The number of likely N-dealkylation sites (tertiary alicyclic amines) is 1. The standard InChI is InChI=1S/C27H36ClN3O4/c1-33-22-8-9-26(34-2)24(17-22)29-27(32)10-7-21-19-30(18-20-5-3-4-6-23(20)28)12-11-25(21)31-13-15-35-16-14-31/h3-6,8-9,17,21,25H,7,10-16,18-19H2,1-2H3,(H,29,32)/t21-,25+/m0/s1. The summed E-state index contributed by atoms with van der Waals surface area (Å²) in [6.45, 7) is 6.28. The van der Waals surface area contributed by atoms with E-state index in [4.69, 9.17) is 25.8 Å². The van der Waals surface area contributed by atoms with E-state index in [1.54, 1.807) is 26.4 Å². The van der Waals surface area contributed by atoms with Gasteiger partial charge in [-0.3, -0.25) is 14.6 Å². The summed E-state index contributed by atoms with van der Waals surface area (Å²) in [6, 6.07) is 13.9. The zero-order valence-electron chi connectivity index (χ0n) is 20.7. The van der Waals surface area contributed by atoms with Crippen LogP contribution in [0.15, 0.2) is 42.5 Å². The number of rotatable bonds is 9. The number of ether oxygens (including phenoxy) is 3. The van der Waals surface area contributed by atoms with Crippen LogP contribution in [0, 0.1) is 5.92 Å². The first kappa shape index (κ1) is 25.8. The Morgan fingerprint density at radius 1 is 1.11 bits per heavy atom. The summed E-state index contributed by atoms with van der Waals surface area (Å²) in [7, 11) is 3.21. The van der Waals surface area contributed by atoms with Crippen LogP contribution in [0.3, 0.4) is 0 Å². The first-order valence-electron chi connectivity index (χ1n) is 12.4. The molecule has 0 aromatic heterocycles. The average molecular weight is 502 g/mol. The Morgan fingerprint density at radius 3 is 2.66 bits per heavy atom. The van der Waals surface area contributed by atoms with Crippen LogP contribution in [0.4, 0.5) is 5.69 Å². The van der Waals surface area contributed by atoms with Gasteiger partial charge in [-0.1, -0.05) is 29.8 Å². The number of hydrogen-bond acceptors (Lipinski definition) is 6. The molecule has 4 rings (SSSR count). The third-order valence-corrected chi connectivity index (χ3v) is 7.44. The number of carbonyl (C=O) groups excluding carboxylic acids is 1. The van der Waals surface area contributed by atoms with E-state index in [0.717, 1.165) is 69.4 Å². The van der Waals surface area contributed by atoms with E-state index < -0.39 is 0 Å². The van der Waals surface area contributed by atoms with Gasteiger partial charge in [0, 0.05) is 49.7 Å². The van der Waals surface area contributed by atoms with Gasteiger partial charge < -0.3 is 19.5 Å². The molecule has 8 heteroatoms. The molecule has 1 N–H and O–H groups in total. The zero-order chi connectivity index (χ0) is 24.6. The fourth-order valence-corrected chi connectivity index (χ4v) is 5.42. The molecule has 35 heavy (non-hydrogen) atoms. The van der Waals surface area contributed by atoms with Crippen molar-refractivity contribution in [2.75, 3.05) is 58.9 Å². The van der Waals surface area contributed by atoms with Crippen molar-refractivity contribution in [2.24, 2.45) is 5.92 Å². The lowest BCUT2D eigenvalue weighted by molar-refractivity contribution is -0.116. The fourth-order valence-electron chi connectivity index (χ4n) is 5.22. The van der Waals surface area contributed by atoms with Crippen LogP contribution >= 0.6 is 11.6 Å². The van der Waals surface area contributed by atoms with Crippen LogP contribution in [0.1, 0.15) is 24.8 Å². The summed E-state index contributed by atoms with van der Waals surface area (Å²) in [6.07, 6.45) is 2.35. The number of benzene rings is 2. The molecular formula is C27H36ClN3O4. The van der Waals surface area contributed by atoms with Crippen LogP contribution in [0.25, 0.3) is 0 Å². The quantitative estimate of drug-likeness (QED) is 0.552. The highest BCUT2D eigenvalue weighted by atomic mass is 35.5. The molecule has 2 aliphatic heterocycles. The summed E-state index contributed by atoms with van der Waals surface area (Å²) in [5, 5.41) is 3.83. The molecule has 0 saturated carbocycles. The first-order valence-corrected chi connectivity index (χ1v) is 12.7. The maximum Gasteiger partial charge on any atom is 0.224 e. The van der Waals surface area contributed by atoms with Gasteiger partial charge in [-0.25, -0.2) is 0 Å². The van der Waals surface area contributed by atoms with Crippen molar-refractivity contribution in [1.82, 2.24) is 9.80 Å². The summed E-state index contributed by atoms with van der Waals surface area (Å²) < 4.78 is 16.3. The molecule has 190 valence electrons. The Bertz CT molecular complexity index is 983. The second-order valence-corrected chi connectivity index (χ2v) is 9.65. The minimum atomic E-state index is -0.0134. The van der Waals surface area contributed by atoms with Gasteiger partial charge in [-0.05, 0) is 49.1 Å². The van der Waals surface area contributed by atoms with Crippen LogP contribution < -0.4 is 14.8 Å². The summed E-state index contributed by atoms with van der Waals surface area (Å²) >= 11 is 6.44. The number of amides is 1. The van der Waals surface area contributed by atoms with Crippen LogP contribution in [0.5, 0.6) is 11.5 Å². The highest BCUT2D eigenvalue weighted by molar-refractivity contribution is 6.31. The lowest BCUT2D eigenvalue weighted by Crippen LogP contribution is -2.53. The number of nitrogens with zero attached hydrogens (tertiary/aromatic N) is 2. The molecule has 7 nitrogen and oxygen atoms in total. The van der Waals surface area contributed by atoms with Crippen molar-refractivity contribution in [3.63, 3.8) is 0 Å². The minimum Gasteiger partial charge on any atom is -0.497 e. The van der Waals surface area contributed by atoms with E-state index in [-0.39, 0.29) is 5.91 Å². The molecule has 0 unspecified atom stereocenters. The molecule has 0 bridgehead atoms. The van der Waals surface area contributed by atoms with E-state index in [1.165, 1.54) is 0 Å². The number of anilines is 1. The molecule has 2 saturated heterocycles. The Hall–Kier alpha value is -2.32. The molecule has 1 amide bonds. The Morgan fingerprint density at radius 2 is 1.91 bits per heavy atom. The van der Waals surface area contributed by atoms with Crippen molar-refractivity contribution in [3.05, 3.63) is 53.1 Å². The van der Waals surface area contributed by atoms with Crippen molar-refractivity contribution in [1.29, 1.82) is 0 Å². The van der Waals surface area contributed by atoms with E-state index in [0.29, 0.717) is 35.6 Å².